The topological polar surface area (TPSA) is 171 Å². The van der Waals surface area contributed by atoms with Crippen molar-refractivity contribution in [3.05, 3.63) is 35.9 Å². The predicted molar refractivity (Wildman–Crippen MR) is 100.0 cm³/mol. The second-order valence-corrected chi connectivity index (χ2v) is 6.34. The number of nitrogens with two attached hydrogens (primary N) is 1. The number of hydrogen-bond donors (Lipinski definition) is 6. The van der Waals surface area contributed by atoms with Gasteiger partial charge in [-0.05, 0) is 19.4 Å². The van der Waals surface area contributed by atoms with Gasteiger partial charge in [-0.15, -0.1) is 0 Å². The fraction of sp³-hybridized carbons (Fsp3) is 0.444. The van der Waals surface area contributed by atoms with E-state index in [2.05, 4.69) is 16.0 Å². The van der Waals surface area contributed by atoms with Crippen LogP contribution < -0.4 is 21.7 Å². The van der Waals surface area contributed by atoms with E-state index >= 15 is 0 Å². The van der Waals surface area contributed by atoms with Gasteiger partial charge in [0.1, 0.15) is 24.2 Å². The number of nitrogens with one attached hydrogen (secondary N) is 3. The molecule has 0 saturated carbocycles. The molecule has 1 aromatic rings. The van der Waals surface area contributed by atoms with Crippen molar-refractivity contribution in [3.8, 4) is 0 Å². The van der Waals surface area contributed by atoms with Crippen LogP contribution in [0.25, 0.3) is 0 Å². The van der Waals surface area contributed by atoms with Crippen LogP contribution in [0.15, 0.2) is 30.3 Å². The van der Waals surface area contributed by atoms with Gasteiger partial charge in [0.2, 0.25) is 17.7 Å². The highest BCUT2D eigenvalue weighted by Gasteiger charge is 2.27. The molecule has 0 spiro atoms. The Balaban J connectivity index is 2.83. The third-order valence-electron chi connectivity index (χ3n) is 3.93. The van der Waals surface area contributed by atoms with Gasteiger partial charge in [0, 0.05) is 6.42 Å². The molecule has 154 valence electrons. The van der Waals surface area contributed by atoms with Gasteiger partial charge in [-0.3, -0.25) is 19.2 Å². The smallest absolute Gasteiger partial charge is 0.325 e. The number of rotatable bonds is 10. The number of amides is 3. The molecule has 0 aromatic heterocycles. The highest BCUT2D eigenvalue weighted by atomic mass is 16.4. The number of aliphatic carboxylic acids is 1. The number of benzene rings is 1. The van der Waals surface area contributed by atoms with Crippen LogP contribution in [0.1, 0.15) is 19.4 Å². The van der Waals surface area contributed by atoms with E-state index in [0.717, 1.165) is 5.56 Å². The highest BCUT2D eigenvalue weighted by Crippen LogP contribution is 2.04. The Kier molecular flexibility index (Phi) is 9.06. The minimum absolute atomic E-state index is 0.135. The third-order valence-corrected chi connectivity index (χ3v) is 3.93. The fourth-order valence-electron chi connectivity index (χ4n) is 2.20. The first-order valence-electron chi connectivity index (χ1n) is 8.70. The summed E-state index contributed by atoms with van der Waals surface area (Å²) in [6.07, 6.45) is 0.135. The summed E-state index contributed by atoms with van der Waals surface area (Å²) in [5.74, 6) is -3.25. The molecule has 0 bridgehead atoms. The molecule has 0 aliphatic rings. The molecule has 10 nitrogen and oxygen atoms in total. The zero-order chi connectivity index (χ0) is 21.3. The van der Waals surface area contributed by atoms with Crippen molar-refractivity contribution >= 4 is 23.7 Å². The second-order valence-electron chi connectivity index (χ2n) is 6.34. The quantitative estimate of drug-likeness (QED) is 0.270. The minimum atomic E-state index is -1.21. The van der Waals surface area contributed by atoms with Crippen molar-refractivity contribution in [2.45, 2.75) is 44.4 Å². The van der Waals surface area contributed by atoms with E-state index in [-0.39, 0.29) is 6.42 Å². The first kappa shape index (κ1) is 23.1. The molecule has 1 rings (SSSR count). The molecule has 7 N–H and O–H groups in total. The van der Waals surface area contributed by atoms with E-state index < -0.39 is 54.5 Å². The molecule has 0 aliphatic heterocycles. The number of carboxylic acid groups (broad SMARTS) is 1. The zero-order valence-corrected chi connectivity index (χ0v) is 15.7. The Bertz CT molecular complexity index is 697. The molecule has 0 fully saturated rings. The van der Waals surface area contributed by atoms with Gasteiger partial charge in [-0.2, -0.15) is 0 Å². The SMILES string of the molecule is CC(NC(=O)C(C)NC(=O)C(Cc1ccccc1)NC(=O)C(N)CO)C(=O)O. The number of carboxylic acids is 1. The van der Waals surface area contributed by atoms with E-state index in [0.29, 0.717) is 0 Å². The van der Waals surface area contributed by atoms with Gasteiger partial charge in [-0.25, -0.2) is 0 Å². The largest absolute Gasteiger partial charge is 0.480 e. The van der Waals surface area contributed by atoms with Crippen LogP contribution >= 0.6 is 0 Å². The Morgan fingerprint density at radius 1 is 0.929 bits per heavy atom. The van der Waals surface area contributed by atoms with Crippen molar-refractivity contribution in [3.63, 3.8) is 0 Å². The molecule has 4 atom stereocenters. The molecule has 1 aromatic carbocycles. The maximum atomic E-state index is 12.6. The summed E-state index contributed by atoms with van der Waals surface area (Å²) in [6.45, 7) is 2.10. The molecule has 0 aliphatic carbocycles. The van der Waals surface area contributed by atoms with Crippen LogP contribution in [0.4, 0.5) is 0 Å². The van der Waals surface area contributed by atoms with Crippen molar-refractivity contribution in [2.75, 3.05) is 6.61 Å². The predicted octanol–water partition coefficient (Wildman–Crippen LogP) is -1.87. The second kappa shape index (κ2) is 11.0. The third kappa shape index (κ3) is 7.33. The lowest BCUT2D eigenvalue weighted by molar-refractivity contribution is -0.141. The fourth-order valence-corrected chi connectivity index (χ4v) is 2.20. The Hall–Kier alpha value is -2.98. The van der Waals surface area contributed by atoms with Crippen LogP contribution in [0, 0.1) is 0 Å². The number of hydrogen-bond acceptors (Lipinski definition) is 6. The molecular weight excluding hydrogens is 368 g/mol. The van der Waals surface area contributed by atoms with Crippen LogP contribution in [-0.2, 0) is 25.6 Å². The molecule has 0 heterocycles. The lowest BCUT2D eigenvalue weighted by Crippen LogP contribution is -2.57. The van der Waals surface area contributed by atoms with E-state index in [1.807, 2.05) is 0 Å². The molecule has 10 heteroatoms. The summed E-state index contributed by atoms with van der Waals surface area (Å²) in [5.41, 5.74) is 6.24. The first-order valence-corrected chi connectivity index (χ1v) is 8.70. The summed E-state index contributed by atoms with van der Waals surface area (Å²) in [7, 11) is 0. The Morgan fingerprint density at radius 2 is 1.50 bits per heavy atom. The Morgan fingerprint density at radius 3 is 2.04 bits per heavy atom. The molecular formula is C18H26N4O6. The van der Waals surface area contributed by atoms with Crippen LogP contribution in [0.5, 0.6) is 0 Å². The van der Waals surface area contributed by atoms with Crippen LogP contribution in [0.2, 0.25) is 0 Å². The van der Waals surface area contributed by atoms with Crippen molar-refractivity contribution in [2.24, 2.45) is 5.73 Å². The molecule has 28 heavy (non-hydrogen) atoms. The summed E-state index contributed by atoms with van der Waals surface area (Å²) < 4.78 is 0. The lowest BCUT2D eigenvalue weighted by Gasteiger charge is -2.23. The van der Waals surface area contributed by atoms with Gasteiger partial charge < -0.3 is 31.9 Å². The number of aliphatic hydroxyl groups excluding tert-OH is 1. The molecule has 0 saturated heterocycles. The van der Waals surface area contributed by atoms with Crippen molar-refractivity contribution in [1.82, 2.24) is 16.0 Å². The minimum Gasteiger partial charge on any atom is -0.480 e. The number of carbonyl (C=O) groups excluding carboxylic acids is 3. The normalized spacial score (nSPS) is 14.9. The number of carbonyl (C=O) groups is 4. The van der Waals surface area contributed by atoms with Gasteiger partial charge >= 0.3 is 5.97 Å². The van der Waals surface area contributed by atoms with E-state index in [1.165, 1.54) is 13.8 Å². The lowest BCUT2D eigenvalue weighted by atomic mass is 10.0. The number of aliphatic hydroxyl groups is 1. The van der Waals surface area contributed by atoms with Gasteiger partial charge in [0.15, 0.2) is 0 Å². The standard InChI is InChI=1S/C18H26N4O6/c1-10(15(24)21-11(2)18(27)28)20-17(26)14(22-16(25)13(19)9-23)8-12-6-4-3-5-7-12/h3-7,10-11,13-14,23H,8-9,19H2,1-2H3,(H,20,26)(H,21,24)(H,22,25)(H,27,28). The van der Waals surface area contributed by atoms with E-state index in [1.54, 1.807) is 30.3 Å². The van der Waals surface area contributed by atoms with Crippen molar-refractivity contribution < 1.29 is 29.4 Å². The average Bonchev–Trinajstić information content (AvgIpc) is 2.67. The summed E-state index contributed by atoms with van der Waals surface area (Å²) in [4.78, 5) is 47.4. The summed E-state index contributed by atoms with van der Waals surface area (Å²) >= 11 is 0. The summed E-state index contributed by atoms with van der Waals surface area (Å²) in [5, 5.41) is 25.0. The van der Waals surface area contributed by atoms with Crippen LogP contribution in [0.3, 0.4) is 0 Å². The highest BCUT2D eigenvalue weighted by molar-refractivity contribution is 5.94. The monoisotopic (exact) mass is 394 g/mol. The molecule has 0 radical (unpaired) electrons. The Labute approximate surface area is 162 Å². The zero-order valence-electron chi connectivity index (χ0n) is 15.7. The van der Waals surface area contributed by atoms with Gasteiger partial charge in [-0.1, -0.05) is 30.3 Å². The molecule has 3 amide bonds. The van der Waals surface area contributed by atoms with Gasteiger partial charge in [0.25, 0.3) is 0 Å². The maximum absolute atomic E-state index is 12.6. The van der Waals surface area contributed by atoms with E-state index in [4.69, 9.17) is 15.9 Å². The van der Waals surface area contributed by atoms with Crippen molar-refractivity contribution in [1.29, 1.82) is 0 Å². The van der Waals surface area contributed by atoms with Gasteiger partial charge in [0.05, 0.1) is 6.61 Å². The van der Waals surface area contributed by atoms with Crippen LogP contribution in [-0.4, -0.2) is 64.7 Å². The summed E-state index contributed by atoms with van der Waals surface area (Å²) in [6, 6.07) is 4.50. The first-order chi connectivity index (χ1) is 13.1. The maximum Gasteiger partial charge on any atom is 0.325 e. The molecule has 4 unspecified atom stereocenters. The average molecular weight is 394 g/mol. The van der Waals surface area contributed by atoms with E-state index in [9.17, 15) is 19.2 Å².